The van der Waals surface area contributed by atoms with E-state index in [1.165, 1.54) is 22.3 Å². The van der Waals surface area contributed by atoms with Gasteiger partial charge in [-0.15, -0.1) is 0 Å². The molecule has 1 heteroatoms. The Kier molecular flexibility index (Phi) is 8.73. The van der Waals surface area contributed by atoms with Crippen molar-refractivity contribution in [1.82, 2.24) is 0 Å². The summed E-state index contributed by atoms with van der Waals surface area (Å²) in [6, 6.07) is 30.3. The molecule has 8 rings (SSSR count). The number of allylic oxidation sites excluding steroid dienone is 14. The number of para-hydroxylation sites is 1. The van der Waals surface area contributed by atoms with Crippen LogP contribution in [0.5, 0.6) is 0 Å². The maximum Gasteiger partial charge on any atom is 0.136 e. The van der Waals surface area contributed by atoms with Crippen molar-refractivity contribution in [2.75, 3.05) is 0 Å². The van der Waals surface area contributed by atoms with Crippen molar-refractivity contribution < 1.29 is 4.42 Å². The molecule has 0 N–H and O–H groups in total. The molecular weight excluding hydrogens is 629 g/mol. The van der Waals surface area contributed by atoms with Crippen molar-refractivity contribution in [3.8, 4) is 0 Å². The molecule has 0 atom stereocenters. The van der Waals surface area contributed by atoms with E-state index in [2.05, 4.69) is 167 Å². The van der Waals surface area contributed by atoms with Crippen LogP contribution in [0.3, 0.4) is 0 Å². The first kappa shape index (κ1) is 33.2. The van der Waals surface area contributed by atoms with Gasteiger partial charge in [-0.2, -0.15) is 0 Å². The minimum Gasteiger partial charge on any atom is -0.456 e. The molecule has 3 aliphatic rings. The zero-order chi connectivity index (χ0) is 35.8. The van der Waals surface area contributed by atoms with Crippen LogP contribution >= 0.6 is 0 Å². The van der Waals surface area contributed by atoms with E-state index in [1.54, 1.807) is 0 Å². The van der Waals surface area contributed by atoms with Gasteiger partial charge in [0.05, 0.1) is 0 Å². The van der Waals surface area contributed by atoms with E-state index in [9.17, 15) is 0 Å². The molecule has 52 heavy (non-hydrogen) atoms. The Morgan fingerprint density at radius 3 is 2.15 bits per heavy atom. The second kappa shape index (κ2) is 13.7. The summed E-state index contributed by atoms with van der Waals surface area (Å²) in [6.07, 6.45) is 26.1. The summed E-state index contributed by atoms with van der Waals surface area (Å²) < 4.78 is 6.50. The van der Waals surface area contributed by atoms with Crippen LogP contribution in [0.25, 0.3) is 50.3 Å². The lowest BCUT2D eigenvalue weighted by Crippen LogP contribution is -2.29. The van der Waals surface area contributed by atoms with Crippen LogP contribution in [0, 0.1) is 0 Å². The number of furan rings is 1. The second-order valence-corrected chi connectivity index (χ2v) is 14.5. The molecule has 0 saturated heterocycles. The summed E-state index contributed by atoms with van der Waals surface area (Å²) in [5, 5.41) is 4.47. The van der Waals surface area contributed by atoms with E-state index in [-0.39, 0.29) is 5.41 Å². The second-order valence-electron chi connectivity index (χ2n) is 14.5. The number of hydrogen-bond donors (Lipinski definition) is 0. The number of hydrogen-bond acceptors (Lipinski definition) is 1. The van der Waals surface area contributed by atoms with E-state index in [0.717, 1.165) is 97.1 Å². The van der Waals surface area contributed by atoms with E-state index < -0.39 is 0 Å². The highest BCUT2D eigenvalue weighted by atomic mass is 16.3. The molecule has 3 aliphatic carbocycles. The normalized spacial score (nSPS) is 19.9. The van der Waals surface area contributed by atoms with Crippen LogP contribution in [0.15, 0.2) is 180 Å². The molecule has 0 radical (unpaired) electrons. The summed E-state index contributed by atoms with van der Waals surface area (Å²) in [5.74, 6) is 0. The Morgan fingerprint density at radius 2 is 1.38 bits per heavy atom. The zero-order valence-electron chi connectivity index (χ0n) is 30.2. The summed E-state index contributed by atoms with van der Waals surface area (Å²) in [7, 11) is 0. The number of benzene rings is 4. The standard InChI is InChI=1S/C51H44O/c1-34(37-19-9-8-10-20-37)29-30-35(2)39-22-11-6-7-12-23-40(42-25-15-14-24-41(39)42)36(3)44-32-46-43-26-16-18-28-49(43)52-50(46)33-45(44)48-31-38-21-13-17-27-47(38)51(48,4)5/h8-9,11-19,21-33H,1-3,6-7,10,20H2,4-5H3/b22-11+,23-12+,30-29-,41-39+,42-40+. The van der Waals surface area contributed by atoms with Gasteiger partial charge >= 0.3 is 0 Å². The summed E-state index contributed by atoms with van der Waals surface area (Å²) in [4.78, 5) is 0. The van der Waals surface area contributed by atoms with E-state index >= 15 is 0 Å². The van der Waals surface area contributed by atoms with Gasteiger partial charge in [-0.1, -0.05) is 155 Å². The molecule has 1 heterocycles. The minimum atomic E-state index is -0.205. The lowest BCUT2D eigenvalue weighted by molar-refractivity contribution is 0.668. The third kappa shape index (κ3) is 5.97. The maximum atomic E-state index is 6.50. The third-order valence-electron chi connectivity index (χ3n) is 10.9. The van der Waals surface area contributed by atoms with Gasteiger partial charge in [-0.25, -0.2) is 0 Å². The summed E-state index contributed by atoms with van der Waals surface area (Å²) in [6.45, 7) is 18.5. The molecule has 4 aromatic carbocycles. The highest BCUT2D eigenvalue weighted by molar-refractivity contribution is 6.12. The van der Waals surface area contributed by atoms with E-state index in [4.69, 9.17) is 11.0 Å². The largest absolute Gasteiger partial charge is 0.456 e. The fourth-order valence-corrected chi connectivity index (χ4v) is 8.02. The third-order valence-corrected chi connectivity index (χ3v) is 10.9. The van der Waals surface area contributed by atoms with Crippen LogP contribution in [-0.2, 0) is 5.41 Å². The van der Waals surface area contributed by atoms with Crippen molar-refractivity contribution in [3.05, 3.63) is 209 Å². The molecule has 1 aromatic heterocycles. The molecule has 0 unspecified atom stereocenters. The predicted octanol–water partition coefficient (Wildman–Crippen LogP) is 12.3. The van der Waals surface area contributed by atoms with Gasteiger partial charge in [-0.05, 0) is 122 Å². The van der Waals surface area contributed by atoms with Crippen molar-refractivity contribution in [3.63, 3.8) is 0 Å². The van der Waals surface area contributed by atoms with Gasteiger partial charge in [0.25, 0.3) is 0 Å². The minimum absolute atomic E-state index is 0.205. The van der Waals surface area contributed by atoms with Gasteiger partial charge in [0, 0.05) is 16.2 Å². The summed E-state index contributed by atoms with van der Waals surface area (Å²) >= 11 is 0. The molecule has 0 aliphatic heterocycles. The number of fused-ring (bicyclic) bond motifs is 5. The molecule has 0 bridgehead atoms. The molecule has 0 fully saturated rings. The average molecular weight is 673 g/mol. The molecule has 254 valence electrons. The molecule has 0 amide bonds. The van der Waals surface area contributed by atoms with Crippen molar-refractivity contribution in [2.45, 2.75) is 44.9 Å². The van der Waals surface area contributed by atoms with E-state index in [1.807, 2.05) is 6.07 Å². The zero-order valence-corrected chi connectivity index (χ0v) is 30.2. The van der Waals surface area contributed by atoms with Gasteiger partial charge in [-0.3, -0.25) is 0 Å². The van der Waals surface area contributed by atoms with E-state index in [0.29, 0.717) is 0 Å². The van der Waals surface area contributed by atoms with Gasteiger partial charge in [0.15, 0.2) is 0 Å². The van der Waals surface area contributed by atoms with Crippen LogP contribution < -0.4 is 10.4 Å². The Balaban J connectivity index is 1.35. The predicted molar refractivity (Wildman–Crippen MR) is 224 cm³/mol. The molecule has 5 aromatic rings. The molecule has 1 nitrogen and oxygen atoms in total. The molecular formula is C51H44O. The lowest BCUT2D eigenvalue weighted by atomic mass is 9.76. The molecule has 0 spiro atoms. The number of rotatable bonds is 7. The first-order valence-corrected chi connectivity index (χ1v) is 18.4. The van der Waals surface area contributed by atoms with Crippen molar-refractivity contribution in [2.24, 2.45) is 0 Å². The average Bonchev–Trinajstić information content (AvgIpc) is 3.67. The lowest BCUT2D eigenvalue weighted by Gasteiger charge is -2.27. The van der Waals surface area contributed by atoms with Gasteiger partial charge in [0.2, 0.25) is 0 Å². The van der Waals surface area contributed by atoms with Crippen molar-refractivity contribution >= 4 is 50.3 Å². The van der Waals surface area contributed by atoms with Crippen molar-refractivity contribution in [1.29, 1.82) is 0 Å². The first-order valence-electron chi connectivity index (χ1n) is 18.4. The monoisotopic (exact) mass is 672 g/mol. The van der Waals surface area contributed by atoms with Crippen LogP contribution in [-0.4, -0.2) is 0 Å². The first-order chi connectivity index (χ1) is 25.3. The summed E-state index contributed by atoms with van der Waals surface area (Å²) in [5.41, 5.74) is 14.1. The SMILES string of the molecule is C=C(/C=C\C(=C)C1=c2\cccc\c2=C(C(=C)c2cc3c(cc2C2=Cc4ccccc4C2(C)C)oc2ccccc23)\C=C\CC\C=C\1)C1=CC=CCC1. The Bertz CT molecular complexity index is 2630. The van der Waals surface area contributed by atoms with Crippen LogP contribution in [0.1, 0.15) is 61.8 Å². The highest BCUT2D eigenvalue weighted by Crippen LogP contribution is 2.49. The highest BCUT2D eigenvalue weighted by Gasteiger charge is 2.35. The quantitative estimate of drug-likeness (QED) is 0.157. The van der Waals surface area contributed by atoms with Crippen LogP contribution in [0.4, 0.5) is 0 Å². The van der Waals surface area contributed by atoms with Gasteiger partial charge in [0.1, 0.15) is 11.2 Å². The van der Waals surface area contributed by atoms with Gasteiger partial charge < -0.3 is 4.42 Å². The Morgan fingerprint density at radius 1 is 0.692 bits per heavy atom. The molecule has 0 saturated carbocycles. The van der Waals surface area contributed by atoms with Crippen LogP contribution in [0.2, 0.25) is 0 Å². The Labute approximate surface area is 307 Å². The smallest absolute Gasteiger partial charge is 0.136 e. The topological polar surface area (TPSA) is 13.1 Å². The fourth-order valence-electron chi connectivity index (χ4n) is 8.02. The maximum absolute atomic E-state index is 6.50. The Hall–Kier alpha value is -5.92. The fraction of sp³-hybridized carbons (Fsp3) is 0.137.